The van der Waals surface area contributed by atoms with Crippen LogP contribution in [0.25, 0.3) is 5.65 Å². The van der Waals surface area contributed by atoms with E-state index in [1.165, 1.54) is 6.07 Å². The van der Waals surface area contributed by atoms with Gasteiger partial charge in [0.15, 0.2) is 5.65 Å². The van der Waals surface area contributed by atoms with E-state index in [0.29, 0.717) is 12.2 Å². The molecule has 1 aliphatic carbocycles. The second kappa shape index (κ2) is 6.39. The lowest BCUT2D eigenvalue weighted by Crippen LogP contribution is -2.44. The van der Waals surface area contributed by atoms with Gasteiger partial charge in [0.1, 0.15) is 0 Å². The zero-order valence-corrected chi connectivity index (χ0v) is 14.2. The van der Waals surface area contributed by atoms with Crippen LogP contribution in [-0.4, -0.2) is 37.8 Å². The van der Waals surface area contributed by atoms with Crippen molar-refractivity contribution in [2.24, 2.45) is 0 Å². The normalized spacial score (nSPS) is 17.1. The van der Waals surface area contributed by atoms with Crippen LogP contribution in [0, 0.1) is 13.8 Å². The number of aliphatic hydroxyl groups is 1. The molecule has 2 aromatic rings. The second-order valence-electron chi connectivity index (χ2n) is 6.81. The first kappa shape index (κ1) is 16.7. The number of fused-ring (bicyclic) bond motifs is 1. The van der Waals surface area contributed by atoms with E-state index in [-0.39, 0.29) is 17.9 Å². The van der Waals surface area contributed by atoms with Gasteiger partial charge in [-0.3, -0.25) is 14.7 Å². The first-order chi connectivity index (χ1) is 11.4. The quantitative estimate of drug-likeness (QED) is 0.777. The fourth-order valence-corrected chi connectivity index (χ4v) is 3.48. The Bertz CT molecular complexity index is 815. The predicted octanol–water partition coefficient (Wildman–Crippen LogP) is 0.993. The zero-order chi connectivity index (χ0) is 17.3. The Morgan fingerprint density at radius 3 is 2.79 bits per heavy atom. The molecule has 0 spiro atoms. The number of H-pyrrole nitrogens is 1. The van der Waals surface area contributed by atoms with Crippen molar-refractivity contribution in [3.05, 3.63) is 33.4 Å². The Morgan fingerprint density at radius 1 is 1.38 bits per heavy atom. The molecule has 0 radical (unpaired) electrons. The number of carbonyl (C=O) groups is 1. The summed E-state index contributed by atoms with van der Waals surface area (Å²) in [4.78, 5) is 28.2. The predicted molar refractivity (Wildman–Crippen MR) is 90.0 cm³/mol. The summed E-state index contributed by atoms with van der Waals surface area (Å²) in [5, 5.41) is 16.0. The number of amides is 1. The highest BCUT2D eigenvalue weighted by Gasteiger charge is 2.29. The number of hydrogen-bond donors (Lipinski definition) is 3. The van der Waals surface area contributed by atoms with Crippen molar-refractivity contribution in [3.8, 4) is 0 Å². The van der Waals surface area contributed by atoms with Crippen LogP contribution in [0.5, 0.6) is 0 Å². The number of aryl methyl sites for hydroxylation is 2. The van der Waals surface area contributed by atoms with Crippen LogP contribution in [0.1, 0.15) is 49.1 Å². The Kier molecular flexibility index (Phi) is 4.45. The maximum Gasteiger partial charge on any atom is 0.266 e. The van der Waals surface area contributed by atoms with Gasteiger partial charge in [-0.05, 0) is 26.7 Å². The van der Waals surface area contributed by atoms with Gasteiger partial charge in [0.05, 0.1) is 12.0 Å². The molecule has 0 aliphatic heterocycles. The number of aromatic amines is 1. The average molecular weight is 332 g/mol. The van der Waals surface area contributed by atoms with Crippen LogP contribution in [0.15, 0.2) is 10.9 Å². The fraction of sp³-hybridized carbons (Fsp3) is 0.588. The number of aromatic nitrogens is 3. The number of carbonyl (C=O) groups excluding carboxylic acids is 1. The molecular weight excluding hydrogens is 308 g/mol. The van der Waals surface area contributed by atoms with Gasteiger partial charge in [-0.1, -0.05) is 19.3 Å². The van der Waals surface area contributed by atoms with E-state index >= 15 is 0 Å². The number of nitrogens with one attached hydrogen (secondary N) is 2. The van der Waals surface area contributed by atoms with E-state index < -0.39 is 5.60 Å². The summed E-state index contributed by atoms with van der Waals surface area (Å²) in [5.74, 6) is -0.143. The molecule has 0 atom stereocenters. The molecule has 1 fully saturated rings. The Morgan fingerprint density at radius 2 is 2.08 bits per heavy atom. The summed E-state index contributed by atoms with van der Waals surface area (Å²) < 4.78 is 1.60. The summed E-state index contributed by atoms with van der Waals surface area (Å²) in [5.41, 5.74) is 1.89. The minimum absolute atomic E-state index is 0.143. The third-order valence-electron chi connectivity index (χ3n) is 4.94. The molecule has 2 heterocycles. The maximum absolute atomic E-state index is 12.3. The highest BCUT2D eigenvalue weighted by molar-refractivity contribution is 5.79. The Hall–Kier alpha value is -2.15. The van der Waals surface area contributed by atoms with Gasteiger partial charge in [0, 0.05) is 29.6 Å². The van der Waals surface area contributed by atoms with Gasteiger partial charge < -0.3 is 10.4 Å². The molecular formula is C17H24N4O3. The van der Waals surface area contributed by atoms with Crippen molar-refractivity contribution < 1.29 is 9.90 Å². The van der Waals surface area contributed by atoms with Crippen molar-refractivity contribution in [2.45, 2.75) is 58.0 Å². The smallest absolute Gasteiger partial charge is 0.266 e. The third-order valence-corrected chi connectivity index (χ3v) is 4.94. The van der Waals surface area contributed by atoms with Gasteiger partial charge in [0.2, 0.25) is 5.91 Å². The summed E-state index contributed by atoms with van der Waals surface area (Å²) in [6, 6.07) is 1.43. The van der Waals surface area contributed by atoms with Crippen LogP contribution >= 0.6 is 0 Å². The molecule has 0 saturated heterocycles. The molecule has 7 nitrogen and oxygen atoms in total. The van der Waals surface area contributed by atoms with Gasteiger partial charge in [0.25, 0.3) is 5.56 Å². The van der Waals surface area contributed by atoms with Gasteiger partial charge in [-0.25, -0.2) is 9.50 Å². The Labute approximate surface area is 140 Å². The fourth-order valence-electron chi connectivity index (χ4n) is 3.48. The van der Waals surface area contributed by atoms with Crippen LogP contribution < -0.4 is 10.9 Å². The lowest BCUT2D eigenvalue weighted by Gasteiger charge is -2.32. The molecule has 1 amide bonds. The highest BCUT2D eigenvalue weighted by atomic mass is 16.3. The lowest BCUT2D eigenvalue weighted by molar-refractivity contribution is -0.122. The molecule has 0 unspecified atom stereocenters. The number of nitrogens with zero attached hydrogens (tertiary/aromatic N) is 2. The summed E-state index contributed by atoms with van der Waals surface area (Å²) >= 11 is 0. The number of rotatable bonds is 4. The van der Waals surface area contributed by atoms with Crippen LogP contribution in [-0.2, 0) is 11.2 Å². The molecule has 130 valence electrons. The largest absolute Gasteiger partial charge is 0.388 e. The van der Waals surface area contributed by atoms with E-state index in [4.69, 9.17) is 0 Å². The minimum atomic E-state index is -0.772. The van der Waals surface area contributed by atoms with Crippen molar-refractivity contribution in [2.75, 3.05) is 6.54 Å². The molecule has 1 saturated carbocycles. The molecule has 0 aromatic carbocycles. The van der Waals surface area contributed by atoms with E-state index in [1.54, 1.807) is 4.52 Å². The number of hydrogen-bond acceptors (Lipinski definition) is 4. The van der Waals surface area contributed by atoms with Crippen LogP contribution in [0.3, 0.4) is 0 Å². The average Bonchev–Trinajstić information content (AvgIpc) is 2.91. The molecule has 7 heteroatoms. The topological polar surface area (TPSA) is 99.5 Å². The van der Waals surface area contributed by atoms with Gasteiger partial charge >= 0.3 is 0 Å². The lowest BCUT2D eigenvalue weighted by atomic mass is 9.85. The first-order valence-corrected chi connectivity index (χ1v) is 8.45. The molecule has 3 N–H and O–H groups in total. The monoisotopic (exact) mass is 332 g/mol. The molecule has 0 bridgehead atoms. The van der Waals surface area contributed by atoms with Crippen molar-refractivity contribution in [1.82, 2.24) is 19.9 Å². The zero-order valence-electron chi connectivity index (χ0n) is 14.2. The molecule has 24 heavy (non-hydrogen) atoms. The minimum Gasteiger partial charge on any atom is -0.388 e. The molecule has 2 aromatic heterocycles. The van der Waals surface area contributed by atoms with Crippen molar-refractivity contribution >= 4 is 11.6 Å². The van der Waals surface area contributed by atoms with Gasteiger partial charge in [-0.2, -0.15) is 0 Å². The summed E-state index contributed by atoms with van der Waals surface area (Å²) in [6.07, 6.45) is 4.82. The van der Waals surface area contributed by atoms with Crippen LogP contribution in [0.2, 0.25) is 0 Å². The molecule has 3 rings (SSSR count). The van der Waals surface area contributed by atoms with Crippen molar-refractivity contribution in [3.63, 3.8) is 0 Å². The van der Waals surface area contributed by atoms with E-state index in [9.17, 15) is 14.7 Å². The molecule has 1 aliphatic rings. The van der Waals surface area contributed by atoms with E-state index in [0.717, 1.165) is 49.1 Å². The van der Waals surface area contributed by atoms with E-state index in [1.807, 2.05) is 13.8 Å². The second-order valence-corrected chi connectivity index (χ2v) is 6.81. The van der Waals surface area contributed by atoms with Gasteiger partial charge in [-0.15, -0.1) is 0 Å². The standard InChI is InChI=1S/C17H24N4O3/c1-11-13(12(2)21-14(19-11)9-16(23)20-21)8-15(22)18-10-17(24)6-4-3-5-7-17/h9,24H,3-8,10H2,1-2H3,(H,18,22)(H,20,23). The third kappa shape index (κ3) is 3.36. The maximum atomic E-state index is 12.3. The SMILES string of the molecule is Cc1nc2cc(=O)[nH]n2c(C)c1CC(=O)NCC1(O)CCCCC1. The summed E-state index contributed by atoms with van der Waals surface area (Å²) in [7, 11) is 0. The van der Waals surface area contributed by atoms with E-state index in [2.05, 4.69) is 15.4 Å². The first-order valence-electron chi connectivity index (χ1n) is 8.45. The van der Waals surface area contributed by atoms with Crippen molar-refractivity contribution in [1.29, 1.82) is 0 Å². The summed E-state index contributed by atoms with van der Waals surface area (Å²) in [6.45, 7) is 3.98. The van der Waals surface area contributed by atoms with Crippen LogP contribution in [0.4, 0.5) is 0 Å². The highest BCUT2D eigenvalue weighted by Crippen LogP contribution is 2.27. The Balaban J connectivity index is 1.72.